The summed E-state index contributed by atoms with van der Waals surface area (Å²) < 4.78 is 57.3. The van der Waals surface area contributed by atoms with Crippen molar-refractivity contribution < 1.29 is 17.2 Å². The standard InChI is InChI=1S/C28H23F2N3O2S/c1-17-21-12-13-24(27(30)28(21)33(32-17)20-7-5-6-18(14-20)16-31)23-11-10-19(15-25(23)29)22-8-3-4-9-26(22)36(2,34)35/h3-15H,16,31H2,1-2H3. The molecule has 5 aromatic rings. The van der Waals surface area contributed by atoms with Gasteiger partial charge in [0.2, 0.25) is 0 Å². The number of nitrogens with zero attached hydrogens (tertiary/aromatic N) is 2. The van der Waals surface area contributed by atoms with Gasteiger partial charge < -0.3 is 5.73 Å². The third kappa shape index (κ3) is 4.08. The summed E-state index contributed by atoms with van der Waals surface area (Å²) in [5, 5.41) is 5.14. The highest BCUT2D eigenvalue weighted by Gasteiger charge is 2.21. The number of halogens is 2. The molecule has 0 unspecified atom stereocenters. The molecule has 0 amide bonds. The second-order valence-electron chi connectivity index (χ2n) is 8.66. The predicted octanol–water partition coefficient (Wildman–Crippen LogP) is 5.81. The van der Waals surface area contributed by atoms with Crippen LogP contribution in [-0.2, 0) is 16.4 Å². The highest BCUT2D eigenvalue weighted by molar-refractivity contribution is 7.90. The van der Waals surface area contributed by atoms with Crippen molar-refractivity contribution in [2.45, 2.75) is 18.4 Å². The number of fused-ring (bicyclic) bond motifs is 1. The van der Waals surface area contributed by atoms with Crippen molar-refractivity contribution >= 4 is 20.7 Å². The van der Waals surface area contributed by atoms with Gasteiger partial charge in [0, 0.05) is 34.9 Å². The topological polar surface area (TPSA) is 78.0 Å². The first-order valence-corrected chi connectivity index (χ1v) is 13.1. The van der Waals surface area contributed by atoms with Crippen LogP contribution in [0.3, 0.4) is 0 Å². The fourth-order valence-corrected chi connectivity index (χ4v) is 5.37. The van der Waals surface area contributed by atoms with Crippen LogP contribution in [0.5, 0.6) is 0 Å². The van der Waals surface area contributed by atoms with E-state index in [2.05, 4.69) is 5.10 Å². The molecule has 0 atom stereocenters. The van der Waals surface area contributed by atoms with Gasteiger partial charge in [0.05, 0.1) is 16.3 Å². The Hall–Kier alpha value is -3.88. The van der Waals surface area contributed by atoms with Crippen molar-refractivity contribution in [2.75, 3.05) is 6.26 Å². The SMILES string of the molecule is Cc1nn(-c2cccc(CN)c2)c2c(F)c(-c3ccc(-c4ccccc4S(C)(=O)=O)cc3F)ccc12. The number of nitrogens with two attached hydrogens (primary N) is 1. The Morgan fingerprint density at radius 3 is 2.36 bits per heavy atom. The molecule has 0 bridgehead atoms. The first-order valence-electron chi connectivity index (χ1n) is 11.3. The number of hydrogen-bond donors (Lipinski definition) is 1. The average molecular weight is 504 g/mol. The van der Waals surface area contributed by atoms with Gasteiger partial charge in [0.15, 0.2) is 15.7 Å². The maximum absolute atomic E-state index is 16.0. The molecular formula is C28H23F2N3O2S. The van der Waals surface area contributed by atoms with E-state index in [-0.39, 0.29) is 21.5 Å². The summed E-state index contributed by atoms with van der Waals surface area (Å²) >= 11 is 0. The van der Waals surface area contributed by atoms with Gasteiger partial charge in [-0.3, -0.25) is 0 Å². The molecule has 4 aromatic carbocycles. The maximum Gasteiger partial charge on any atom is 0.176 e. The molecule has 182 valence electrons. The van der Waals surface area contributed by atoms with Gasteiger partial charge in [0.1, 0.15) is 11.3 Å². The van der Waals surface area contributed by atoms with E-state index in [1.807, 2.05) is 24.3 Å². The lowest BCUT2D eigenvalue weighted by atomic mass is 9.98. The van der Waals surface area contributed by atoms with E-state index >= 15 is 8.78 Å². The van der Waals surface area contributed by atoms with Crippen LogP contribution < -0.4 is 5.73 Å². The number of sulfone groups is 1. The van der Waals surface area contributed by atoms with Crippen molar-refractivity contribution in [1.29, 1.82) is 0 Å². The van der Waals surface area contributed by atoms with Crippen molar-refractivity contribution in [3.8, 4) is 27.9 Å². The van der Waals surface area contributed by atoms with Crippen LogP contribution in [0.2, 0.25) is 0 Å². The van der Waals surface area contributed by atoms with Crippen LogP contribution in [0.1, 0.15) is 11.3 Å². The van der Waals surface area contributed by atoms with Crippen LogP contribution in [-0.4, -0.2) is 24.5 Å². The Labute approximate surface area is 207 Å². The molecular weight excluding hydrogens is 480 g/mol. The van der Waals surface area contributed by atoms with Gasteiger partial charge in [-0.15, -0.1) is 0 Å². The lowest BCUT2D eigenvalue weighted by molar-refractivity contribution is 0.602. The average Bonchev–Trinajstić information content (AvgIpc) is 3.21. The van der Waals surface area contributed by atoms with Gasteiger partial charge in [-0.25, -0.2) is 21.9 Å². The molecule has 36 heavy (non-hydrogen) atoms. The second kappa shape index (κ2) is 8.96. The van der Waals surface area contributed by atoms with Gasteiger partial charge in [-0.1, -0.05) is 54.6 Å². The highest BCUT2D eigenvalue weighted by Crippen LogP contribution is 2.36. The highest BCUT2D eigenvalue weighted by atomic mass is 32.2. The Morgan fingerprint density at radius 1 is 0.889 bits per heavy atom. The molecule has 1 aromatic heterocycles. The fourth-order valence-electron chi connectivity index (χ4n) is 4.46. The normalized spacial score (nSPS) is 11.8. The summed E-state index contributed by atoms with van der Waals surface area (Å²) in [6, 6.07) is 21.3. The monoisotopic (exact) mass is 503 g/mol. The second-order valence-corrected chi connectivity index (χ2v) is 10.6. The zero-order valence-electron chi connectivity index (χ0n) is 19.7. The van der Waals surface area contributed by atoms with Crippen LogP contribution in [0.15, 0.2) is 83.8 Å². The first-order chi connectivity index (χ1) is 17.2. The zero-order valence-corrected chi connectivity index (χ0v) is 20.5. The number of hydrogen-bond acceptors (Lipinski definition) is 4. The molecule has 8 heteroatoms. The maximum atomic E-state index is 16.0. The van der Waals surface area contributed by atoms with Crippen LogP contribution in [0.25, 0.3) is 38.8 Å². The summed E-state index contributed by atoms with van der Waals surface area (Å²) in [4.78, 5) is 0.101. The molecule has 5 rings (SSSR count). The van der Waals surface area contributed by atoms with Gasteiger partial charge in [0.25, 0.3) is 0 Å². The molecule has 0 saturated heterocycles. The molecule has 0 aliphatic heterocycles. The van der Waals surface area contributed by atoms with Gasteiger partial charge in [-0.05, 0) is 42.3 Å². The van der Waals surface area contributed by atoms with E-state index in [1.54, 1.807) is 37.3 Å². The zero-order chi connectivity index (χ0) is 25.6. The lowest BCUT2D eigenvalue weighted by Gasteiger charge is -2.12. The number of rotatable bonds is 5. The quantitative estimate of drug-likeness (QED) is 0.328. The molecule has 0 aliphatic carbocycles. The smallest absolute Gasteiger partial charge is 0.176 e. The molecule has 0 radical (unpaired) electrons. The third-order valence-corrected chi connectivity index (χ3v) is 7.37. The van der Waals surface area contributed by atoms with E-state index in [1.165, 1.54) is 28.9 Å². The Balaban J connectivity index is 1.66. The molecule has 2 N–H and O–H groups in total. The molecule has 5 nitrogen and oxygen atoms in total. The molecule has 0 aliphatic rings. The summed E-state index contributed by atoms with van der Waals surface area (Å²) in [6.45, 7) is 2.12. The van der Waals surface area contributed by atoms with Crippen molar-refractivity contribution in [2.24, 2.45) is 5.73 Å². The van der Waals surface area contributed by atoms with Gasteiger partial charge in [-0.2, -0.15) is 5.10 Å². The predicted molar refractivity (Wildman–Crippen MR) is 138 cm³/mol. The van der Waals surface area contributed by atoms with Crippen molar-refractivity contribution in [3.63, 3.8) is 0 Å². The van der Waals surface area contributed by atoms with Crippen LogP contribution in [0, 0.1) is 18.6 Å². The summed E-state index contributed by atoms with van der Waals surface area (Å²) in [5.41, 5.74) is 9.10. The summed E-state index contributed by atoms with van der Waals surface area (Å²) in [5.74, 6) is -1.27. The van der Waals surface area contributed by atoms with E-state index in [0.29, 0.717) is 34.4 Å². The van der Waals surface area contributed by atoms with Crippen LogP contribution in [0.4, 0.5) is 8.78 Å². The van der Waals surface area contributed by atoms with Crippen LogP contribution >= 0.6 is 0 Å². The van der Waals surface area contributed by atoms with E-state index < -0.39 is 21.5 Å². The van der Waals surface area contributed by atoms with E-state index in [4.69, 9.17) is 5.73 Å². The minimum absolute atomic E-state index is 0.0658. The Bertz CT molecular complexity index is 1740. The molecule has 0 saturated carbocycles. The summed E-state index contributed by atoms with van der Waals surface area (Å²) in [7, 11) is -3.52. The molecule has 0 fully saturated rings. The number of aryl methyl sites for hydroxylation is 1. The van der Waals surface area contributed by atoms with Crippen molar-refractivity contribution in [3.05, 3.63) is 102 Å². The molecule has 1 heterocycles. The summed E-state index contributed by atoms with van der Waals surface area (Å²) in [6.07, 6.45) is 1.11. The Morgan fingerprint density at radius 2 is 1.64 bits per heavy atom. The van der Waals surface area contributed by atoms with Crippen molar-refractivity contribution in [1.82, 2.24) is 9.78 Å². The fraction of sp³-hybridized carbons (Fsp3) is 0.107. The minimum atomic E-state index is -3.52. The largest absolute Gasteiger partial charge is 0.326 e. The number of benzene rings is 4. The Kier molecular flexibility index (Phi) is 5.94. The molecule has 0 spiro atoms. The van der Waals surface area contributed by atoms with E-state index in [0.717, 1.165) is 11.8 Å². The van der Waals surface area contributed by atoms with Gasteiger partial charge >= 0.3 is 0 Å². The lowest BCUT2D eigenvalue weighted by Crippen LogP contribution is -2.02. The van der Waals surface area contributed by atoms with E-state index in [9.17, 15) is 8.42 Å². The third-order valence-electron chi connectivity index (χ3n) is 6.22. The number of aromatic nitrogens is 2. The first kappa shape index (κ1) is 23.8. The minimum Gasteiger partial charge on any atom is -0.326 e.